The summed E-state index contributed by atoms with van der Waals surface area (Å²) in [4.78, 5) is 26.6. The Morgan fingerprint density at radius 1 is 1.06 bits per heavy atom. The molecule has 33 heavy (non-hydrogen) atoms. The zero-order valence-electron chi connectivity index (χ0n) is 19.9. The molecule has 1 N–H and O–H groups in total. The standard InChI is InChI=1S/C23H28Cl2N2O.C3H6O2/c1-4-16(2)21-10-9-20(25)14-22(21)26-11-12-27(17(3)15-26)23(28)13-18-5-7-19(24)8-6-18;1-2-3(4)5/h5-10,14,16-17H,4,11-13,15H2,1-3H3;2H2,1H3,(H,4,5). The third-order valence-corrected chi connectivity index (χ3v) is 6.48. The van der Waals surface area contributed by atoms with E-state index >= 15 is 0 Å². The molecule has 2 aromatic carbocycles. The smallest absolute Gasteiger partial charge is 0.303 e. The van der Waals surface area contributed by atoms with Gasteiger partial charge in [-0.3, -0.25) is 9.59 Å². The minimum absolute atomic E-state index is 0.150. The lowest BCUT2D eigenvalue weighted by Crippen LogP contribution is -2.54. The topological polar surface area (TPSA) is 60.9 Å². The number of carboxylic acids is 1. The van der Waals surface area contributed by atoms with Gasteiger partial charge in [-0.15, -0.1) is 0 Å². The third-order valence-electron chi connectivity index (χ3n) is 6.00. The van der Waals surface area contributed by atoms with Crippen molar-refractivity contribution in [3.05, 3.63) is 63.6 Å². The lowest BCUT2D eigenvalue weighted by Gasteiger charge is -2.42. The molecule has 180 valence electrons. The summed E-state index contributed by atoms with van der Waals surface area (Å²) in [5.41, 5.74) is 3.54. The van der Waals surface area contributed by atoms with E-state index in [0.717, 1.165) is 36.6 Å². The average molecular weight is 493 g/mol. The SMILES string of the molecule is CCC(=O)O.CCC(C)c1ccc(Cl)cc1N1CCN(C(=O)Cc2ccc(Cl)cc2)C(C)C1. The number of benzene rings is 2. The van der Waals surface area contributed by atoms with E-state index in [1.54, 1.807) is 6.92 Å². The van der Waals surface area contributed by atoms with Gasteiger partial charge in [0.25, 0.3) is 0 Å². The van der Waals surface area contributed by atoms with Crippen LogP contribution in [0.2, 0.25) is 10.0 Å². The zero-order chi connectivity index (χ0) is 24.5. The number of piperazine rings is 1. The Balaban J connectivity index is 0.000000696. The average Bonchev–Trinajstić information content (AvgIpc) is 2.80. The van der Waals surface area contributed by atoms with Crippen molar-refractivity contribution in [2.24, 2.45) is 0 Å². The van der Waals surface area contributed by atoms with Crippen LogP contribution in [0.1, 0.15) is 57.6 Å². The quantitative estimate of drug-likeness (QED) is 0.516. The number of rotatable bonds is 6. The lowest BCUT2D eigenvalue weighted by atomic mass is 9.95. The highest BCUT2D eigenvalue weighted by molar-refractivity contribution is 6.31. The molecule has 0 saturated carbocycles. The van der Waals surface area contributed by atoms with Crippen molar-refractivity contribution in [1.82, 2.24) is 4.90 Å². The van der Waals surface area contributed by atoms with Crippen LogP contribution in [0.15, 0.2) is 42.5 Å². The number of halogens is 2. The fourth-order valence-corrected chi connectivity index (χ4v) is 4.15. The van der Waals surface area contributed by atoms with Gasteiger partial charge in [-0.2, -0.15) is 0 Å². The second kappa shape index (κ2) is 12.9. The molecule has 3 rings (SSSR count). The van der Waals surface area contributed by atoms with Crippen molar-refractivity contribution < 1.29 is 14.7 Å². The number of nitrogens with zero attached hydrogens (tertiary/aromatic N) is 2. The Labute approximate surface area is 207 Å². The van der Waals surface area contributed by atoms with Crippen LogP contribution in [0.5, 0.6) is 0 Å². The summed E-state index contributed by atoms with van der Waals surface area (Å²) in [6.07, 6.45) is 1.72. The molecule has 1 aliphatic heterocycles. The summed E-state index contributed by atoms with van der Waals surface area (Å²) in [6, 6.07) is 13.9. The molecular formula is C26H34Cl2N2O3. The van der Waals surface area contributed by atoms with Gasteiger partial charge in [-0.25, -0.2) is 0 Å². The molecule has 0 spiro atoms. The van der Waals surface area contributed by atoms with Crippen LogP contribution in [-0.2, 0) is 16.0 Å². The highest BCUT2D eigenvalue weighted by Crippen LogP contribution is 2.33. The normalized spacial score (nSPS) is 16.6. The number of hydrogen-bond donors (Lipinski definition) is 1. The summed E-state index contributed by atoms with van der Waals surface area (Å²) in [7, 11) is 0. The van der Waals surface area contributed by atoms with Crippen LogP contribution in [-0.4, -0.2) is 47.6 Å². The van der Waals surface area contributed by atoms with Gasteiger partial charge in [0.1, 0.15) is 0 Å². The number of hydrogen-bond acceptors (Lipinski definition) is 3. The third kappa shape index (κ3) is 7.94. The van der Waals surface area contributed by atoms with Gasteiger partial charge in [-0.05, 0) is 54.7 Å². The molecule has 0 radical (unpaired) electrons. The van der Waals surface area contributed by atoms with Gasteiger partial charge in [0.05, 0.1) is 6.42 Å². The van der Waals surface area contributed by atoms with E-state index in [9.17, 15) is 9.59 Å². The van der Waals surface area contributed by atoms with Crippen molar-refractivity contribution in [2.75, 3.05) is 24.5 Å². The Bertz CT molecular complexity index is 934. The molecule has 1 aliphatic rings. The zero-order valence-corrected chi connectivity index (χ0v) is 21.4. The maximum Gasteiger partial charge on any atom is 0.303 e. The number of aliphatic carboxylic acids is 1. The number of carbonyl (C=O) groups is 2. The van der Waals surface area contributed by atoms with Crippen LogP contribution in [0, 0.1) is 0 Å². The molecule has 1 amide bonds. The van der Waals surface area contributed by atoms with Crippen LogP contribution in [0.25, 0.3) is 0 Å². The van der Waals surface area contributed by atoms with Crippen LogP contribution >= 0.6 is 23.2 Å². The predicted molar refractivity (Wildman–Crippen MR) is 137 cm³/mol. The van der Waals surface area contributed by atoms with Crippen LogP contribution in [0.3, 0.4) is 0 Å². The predicted octanol–water partition coefficient (Wildman–Crippen LogP) is 6.27. The van der Waals surface area contributed by atoms with E-state index in [2.05, 4.69) is 37.8 Å². The monoisotopic (exact) mass is 492 g/mol. The molecule has 0 aromatic heterocycles. The highest BCUT2D eigenvalue weighted by atomic mass is 35.5. The van der Waals surface area contributed by atoms with Crippen molar-refractivity contribution in [3.63, 3.8) is 0 Å². The number of anilines is 1. The first-order valence-corrected chi connectivity index (χ1v) is 12.2. The summed E-state index contributed by atoms with van der Waals surface area (Å²) in [5.74, 6) is -0.0974. The molecule has 5 nitrogen and oxygen atoms in total. The van der Waals surface area contributed by atoms with Gasteiger partial charge in [0.15, 0.2) is 0 Å². The maximum atomic E-state index is 12.8. The fourth-order valence-electron chi connectivity index (χ4n) is 3.85. The minimum Gasteiger partial charge on any atom is -0.481 e. The molecule has 0 aliphatic carbocycles. The van der Waals surface area contributed by atoms with Crippen LogP contribution < -0.4 is 4.90 Å². The van der Waals surface area contributed by atoms with Gasteiger partial charge < -0.3 is 14.9 Å². The van der Waals surface area contributed by atoms with Gasteiger partial charge in [0, 0.05) is 47.8 Å². The first-order valence-electron chi connectivity index (χ1n) is 11.5. The number of carbonyl (C=O) groups excluding carboxylic acids is 1. The Kier molecular flexibility index (Phi) is 10.5. The van der Waals surface area contributed by atoms with Crippen molar-refractivity contribution >= 4 is 40.8 Å². The van der Waals surface area contributed by atoms with E-state index in [1.807, 2.05) is 35.2 Å². The van der Waals surface area contributed by atoms with E-state index in [0.29, 0.717) is 17.4 Å². The molecule has 0 bridgehead atoms. The summed E-state index contributed by atoms with van der Waals surface area (Å²) >= 11 is 12.2. The summed E-state index contributed by atoms with van der Waals surface area (Å²) in [5, 5.41) is 9.17. The maximum absolute atomic E-state index is 12.8. The second-order valence-corrected chi connectivity index (χ2v) is 9.32. The molecule has 2 atom stereocenters. The summed E-state index contributed by atoms with van der Waals surface area (Å²) in [6.45, 7) is 10.5. The van der Waals surface area contributed by atoms with Gasteiger partial charge in [0.2, 0.25) is 5.91 Å². The first kappa shape index (κ1) is 27.0. The summed E-state index contributed by atoms with van der Waals surface area (Å²) < 4.78 is 0. The van der Waals surface area contributed by atoms with E-state index in [-0.39, 0.29) is 18.4 Å². The molecule has 2 aromatic rings. The first-order chi connectivity index (χ1) is 15.7. The van der Waals surface area contributed by atoms with E-state index < -0.39 is 5.97 Å². The largest absolute Gasteiger partial charge is 0.481 e. The number of amides is 1. The molecule has 7 heteroatoms. The van der Waals surface area contributed by atoms with Crippen molar-refractivity contribution in [2.45, 2.75) is 58.9 Å². The Morgan fingerprint density at radius 3 is 2.21 bits per heavy atom. The minimum atomic E-state index is -0.745. The molecule has 1 fully saturated rings. The Morgan fingerprint density at radius 2 is 1.67 bits per heavy atom. The Hall–Kier alpha value is -2.24. The van der Waals surface area contributed by atoms with Crippen molar-refractivity contribution in [3.8, 4) is 0 Å². The molecule has 1 saturated heterocycles. The second-order valence-electron chi connectivity index (χ2n) is 8.45. The van der Waals surface area contributed by atoms with Crippen LogP contribution in [0.4, 0.5) is 5.69 Å². The molecule has 2 unspecified atom stereocenters. The highest BCUT2D eigenvalue weighted by Gasteiger charge is 2.29. The van der Waals surface area contributed by atoms with E-state index in [1.165, 1.54) is 11.3 Å². The molecule has 1 heterocycles. The van der Waals surface area contributed by atoms with Gasteiger partial charge in [-0.1, -0.05) is 62.2 Å². The van der Waals surface area contributed by atoms with E-state index in [4.69, 9.17) is 28.3 Å². The molecular weight excluding hydrogens is 459 g/mol. The number of carboxylic acid groups (broad SMARTS) is 1. The lowest BCUT2D eigenvalue weighted by molar-refractivity contribution is -0.136. The fraction of sp³-hybridized carbons (Fsp3) is 0.462. The van der Waals surface area contributed by atoms with Crippen molar-refractivity contribution in [1.29, 1.82) is 0 Å². The van der Waals surface area contributed by atoms with Gasteiger partial charge >= 0.3 is 5.97 Å².